The Balaban J connectivity index is 1.55. The first kappa shape index (κ1) is 18.7. The van der Waals surface area contributed by atoms with Crippen LogP contribution in [-0.2, 0) is 10.0 Å². The van der Waals surface area contributed by atoms with E-state index in [1.807, 2.05) is 18.2 Å². The Morgan fingerprint density at radius 1 is 1.04 bits per heavy atom. The van der Waals surface area contributed by atoms with Crippen molar-refractivity contribution in [1.82, 2.24) is 14.5 Å². The zero-order valence-electron chi connectivity index (χ0n) is 14.9. The summed E-state index contributed by atoms with van der Waals surface area (Å²) >= 11 is 1.13. The normalized spacial score (nSPS) is 17.5. The van der Waals surface area contributed by atoms with Gasteiger partial charge in [0, 0.05) is 12.2 Å². The maximum atomic E-state index is 13.0. The molecule has 7 nitrogen and oxygen atoms in total. The number of nitrogens with zero attached hydrogens (tertiary/aromatic N) is 3. The van der Waals surface area contributed by atoms with Crippen LogP contribution in [0, 0.1) is 0 Å². The summed E-state index contributed by atoms with van der Waals surface area (Å²) in [4.78, 5) is 12.7. The maximum absolute atomic E-state index is 13.0. The van der Waals surface area contributed by atoms with Crippen LogP contribution in [0.25, 0.3) is 0 Å². The third-order valence-electron chi connectivity index (χ3n) is 4.51. The number of hydrogen-bond acceptors (Lipinski definition) is 6. The molecule has 0 radical (unpaired) electrons. The summed E-state index contributed by atoms with van der Waals surface area (Å²) in [5, 5.41) is 11.6. The number of nitrogens with one attached hydrogen (secondary N) is 1. The zero-order chi connectivity index (χ0) is 19.6. The van der Waals surface area contributed by atoms with Gasteiger partial charge in [-0.1, -0.05) is 47.7 Å². The van der Waals surface area contributed by atoms with Crippen molar-refractivity contribution >= 4 is 33.0 Å². The molecule has 1 fully saturated rings. The number of anilines is 1. The van der Waals surface area contributed by atoms with Gasteiger partial charge in [0.15, 0.2) is 0 Å². The van der Waals surface area contributed by atoms with E-state index in [1.54, 1.807) is 42.5 Å². The minimum atomic E-state index is -3.62. The van der Waals surface area contributed by atoms with Gasteiger partial charge in [-0.2, -0.15) is 4.31 Å². The highest BCUT2D eigenvalue weighted by atomic mass is 32.2. The number of para-hydroxylation sites is 1. The number of carbonyl (C=O) groups is 1. The molecular formula is C19H18N4O3S2. The van der Waals surface area contributed by atoms with Crippen LogP contribution >= 0.6 is 11.3 Å². The smallest absolute Gasteiger partial charge is 0.286 e. The molecule has 1 saturated heterocycles. The molecule has 0 unspecified atom stereocenters. The lowest BCUT2D eigenvalue weighted by atomic mass is 10.2. The third-order valence-corrected chi connectivity index (χ3v) is 7.45. The number of rotatable bonds is 5. The van der Waals surface area contributed by atoms with Gasteiger partial charge in [0.1, 0.15) is 5.01 Å². The molecule has 2 heterocycles. The summed E-state index contributed by atoms with van der Waals surface area (Å²) in [6.45, 7) is 0.424. The van der Waals surface area contributed by atoms with Crippen molar-refractivity contribution in [2.75, 3.05) is 11.9 Å². The second-order valence-corrected chi connectivity index (χ2v) is 9.25. The number of benzene rings is 2. The van der Waals surface area contributed by atoms with Crippen molar-refractivity contribution < 1.29 is 13.2 Å². The SMILES string of the molecule is O=C(Nc1ccccc1)c1nnc([C@H]2CCCN2S(=O)(=O)c2ccccc2)s1. The standard InChI is InChI=1S/C19H18N4O3S2/c24-17(20-14-8-3-1-4-9-14)19-22-21-18(27-19)16-12-7-13-23(16)28(25,26)15-10-5-2-6-11-15/h1-6,8-11,16H,7,12-13H2,(H,20,24)/t16-/m1/s1. The summed E-state index contributed by atoms with van der Waals surface area (Å²) in [6.07, 6.45) is 1.39. The molecule has 1 aliphatic rings. The Morgan fingerprint density at radius 3 is 2.43 bits per heavy atom. The first-order valence-corrected chi connectivity index (χ1v) is 11.1. The predicted octanol–water partition coefficient (Wildman–Crippen LogP) is 3.32. The van der Waals surface area contributed by atoms with Gasteiger partial charge in [0.05, 0.1) is 10.9 Å². The lowest BCUT2D eigenvalue weighted by Crippen LogP contribution is -2.30. The summed E-state index contributed by atoms with van der Waals surface area (Å²) in [5.74, 6) is -0.356. The van der Waals surface area contributed by atoms with Crippen LogP contribution in [-0.4, -0.2) is 35.4 Å². The van der Waals surface area contributed by atoms with Crippen molar-refractivity contribution in [3.8, 4) is 0 Å². The minimum absolute atomic E-state index is 0.211. The quantitative estimate of drug-likeness (QED) is 0.691. The number of sulfonamides is 1. The van der Waals surface area contributed by atoms with Gasteiger partial charge >= 0.3 is 0 Å². The summed E-state index contributed by atoms with van der Waals surface area (Å²) in [6, 6.07) is 17.0. The van der Waals surface area contributed by atoms with E-state index < -0.39 is 16.1 Å². The summed E-state index contributed by atoms with van der Waals surface area (Å²) < 4.78 is 27.5. The van der Waals surface area contributed by atoms with Crippen LogP contribution in [0.15, 0.2) is 65.6 Å². The van der Waals surface area contributed by atoms with Gasteiger partial charge in [-0.3, -0.25) is 4.79 Å². The number of aromatic nitrogens is 2. The molecule has 0 bridgehead atoms. The van der Waals surface area contributed by atoms with Crippen molar-refractivity contribution in [2.45, 2.75) is 23.8 Å². The van der Waals surface area contributed by atoms with Crippen molar-refractivity contribution in [3.63, 3.8) is 0 Å². The first-order chi connectivity index (χ1) is 13.6. The molecule has 3 aromatic rings. The van der Waals surface area contributed by atoms with E-state index in [9.17, 15) is 13.2 Å². The van der Waals surface area contributed by atoms with Crippen molar-refractivity contribution in [3.05, 3.63) is 70.7 Å². The molecule has 1 amide bonds. The molecule has 1 aromatic heterocycles. The van der Waals surface area contributed by atoms with Gasteiger partial charge < -0.3 is 5.32 Å². The second-order valence-electron chi connectivity index (χ2n) is 6.35. The molecule has 0 spiro atoms. The lowest BCUT2D eigenvalue weighted by molar-refractivity contribution is 0.102. The van der Waals surface area contributed by atoms with Gasteiger partial charge in [-0.25, -0.2) is 8.42 Å². The van der Waals surface area contributed by atoms with E-state index in [2.05, 4.69) is 15.5 Å². The monoisotopic (exact) mass is 414 g/mol. The topological polar surface area (TPSA) is 92.3 Å². The maximum Gasteiger partial charge on any atom is 0.286 e. The molecule has 2 aromatic carbocycles. The van der Waals surface area contributed by atoms with Crippen molar-refractivity contribution in [2.24, 2.45) is 0 Å². The highest BCUT2D eigenvalue weighted by molar-refractivity contribution is 7.89. The van der Waals surface area contributed by atoms with E-state index in [-0.39, 0.29) is 15.8 Å². The molecule has 1 atom stereocenters. The van der Waals surface area contributed by atoms with E-state index in [0.717, 1.165) is 17.8 Å². The fourth-order valence-corrected chi connectivity index (χ4v) is 5.80. The second kappa shape index (κ2) is 7.78. The Kier molecular flexibility index (Phi) is 5.21. The zero-order valence-corrected chi connectivity index (χ0v) is 16.5. The molecule has 4 rings (SSSR count). The first-order valence-electron chi connectivity index (χ1n) is 8.82. The van der Waals surface area contributed by atoms with Crippen LogP contribution in [0.2, 0.25) is 0 Å². The number of hydrogen-bond donors (Lipinski definition) is 1. The minimum Gasteiger partial charge on any atom is -0.320 e. The highest BCUT2D eigenvalue weighted by Crippen LogP contribution is 2.37. The molecule has 1 aliphatic heterocycles. The Hall–Kier alpha value is -2.62. The molecule has 9 heteroatoms. The highest BCUT2D eigenvalue weighted by Gasteiger charge is 2.38. The molecule has 144 valence electrons. The fourth-order valence-electron chi connectivity index (χ4n) is 3.17. The Bertz CT molecular complexity index is 1070. The lowest BCUT2D eigenvalue weighted by Gasteiger charge is -2.22. The summed E-state index contributed by atoms with van der Waals surface area (Å²) in [5.41, 5.74) is 0.665. The van der Waals surface area contributed by atoms with E-state index >= 15 is 0 Å². The summed E-state index contributed by atoms with van der Waals surface area (Å²) in [7, 11) is -3.62. The molecule has 0 aliphatic carbocycles. The van der Waals surface area contributed by atoms with Gasteiger partial charge in [-0.15, -0.1) is 10.2 Å². The molecule has 0 saturated carbocycles. The number of amides is 1. The van der Waals surface area contributed by atoms with Crippen LogP contribution in [0.5, 0.6) is 0 Å². The van der Waals surface area contributed by atoms with Gasteiger partial charge in [0.25, 0.3) is 5.91 Å². The van der Waals surface area contributed by atoms with E-state index in [1.165, 1.54) is 4.31 Å². The molecule has 1 N–H and O–H groups in total. The fraction of sp³-hybridized carbons (Fsp3) is 0.211. The van der Waals surface area contributed by atoms with Crippen LogP contribution < -0.4 is 5.32 Å². The predicted molar refractivity (Wildman–Crippen MR) is 107 cm³/mol. The van der Waals surface area contributed by atoms with Gasteiger partial charge in [-0.05, 0) is 37.1 Å². The van der Waals surface area contributed by atoms with Crippen LogP contribution in [0.4, 0.5) is 5.69 Å². The number of carbonyl (C=O) groups excluding carboxylic acids is 1. The third kappa shape index (κ3) is 3.68. The van der Waals surface area contributed by atoms with Crippen molar-refractivity contribution in [1.29, 1.82) is 0 Å². The molecule has 28 heavy (non-hydrogen) atoms. The average molecular weight is 415 g/mol. The molecular weight excluding hydrogens is 396 g/mol. The van der Waals surface area contributed by atoms with Crippen LogP contribution in [0.1, 0.15) is 33.7 Å². The Labute approximate surface area is 167 Å². The van der Waals surface area contributed by atoms with E-state index in [0.29, 0.717) is 23.7 Å². The van der Waals surface area contributed by atoms with Gasteiger partial charge in [0.2, 0.25) is 15.0 Å². The largest absolute Gasteiger partial charge is 0.320 e. The Morgan fingerprint density at radius 2 is 1.71 bits per heavy atom. The van der Waals surface area contributed by atoms with Crippen LogP contribution in [0.3, 0.4) is 0 Å². The average Bonchev–Trinajstić information content (AvgIpc) is 3.39. The van der Waals surface area contributed by atoms with E-state index in [4.69, 9.17) is 0 Å².